The third-order valence-corrected chi connectivity index (χ3v) is 7.89. The van der Waals surface area contributed by atoms with Crippen molar-refractivity contribution in [2.75, 3.05) is 0 Å². The van der Waals surface area contributed by atoms with E-state index in [9.17, 15) is 17.8 Å². The van der Waals surface area contributed by atoms with Gasteiger partial charge in [0.1, 0.15) is 0 Å². The first-order chi connectivity index (χ1) is 15.2. The van der Waals surface area contributed by atoms with E-state index in [2.05, 4.69) is 6.92 Å². The highest BCUT2D eigenvalue weighted by Gasteiger charge is 2.20. The Balaban J connectivity index is 1.75. The lowest BCUT2D eigenvalue weighted by molar-refractivity contribution is 0.486. The summed E-state index contributed by atoms with van der Waals surface area (Å²) >= 11 is 1.04. The van der Waals surface area contributed by atoms with E-state index in [1.165, 1.54) is 0 Å². The van der Waals surface area contributed by atoms with Gasteiger partial charge in [-0.2, -0.15) is 8.42 Å². The summed E-state index contributed by atoms with van der Waals surface area (Å²) in [6, 6.07) is 14.6. The molecule has 3 heterocycles. The third-order valence-electron chi connectivity index (χ3n) is 5.48. The molecule has 32 heavy (non-hydrogen) atoms. The summed E-state index contributed by atoms with van der Waals surface area (Å²) in [6.07, 6.45) is 1.57. The van der Waals surface area contributed by atoms with Crippen molar-refractivity contribution in [3.63, 3.8) is 0 Å². The molecule has 0 unspecified atom stereocenters. The van der Waals surface area contributed by atoms with E-state index in [0.717, 1.165) is 56.9 Å². The predicted molar refractivity (Wildman–Crippen MR) is 128 cm³/mol. The number of aryl methyl sites for hydroxylation is 3. The van der Waals surface area contributed by atoms with E-state index in [4.69, 9.17) is 4.98 Å². The van der Waals surface area contributed by atoms with Gasteiger partial charge in [-0.1, -0.05) is 38.1 Å². The Morgan fingerprint density at radius 1 is 1.03 bits per heavy atom. The third kappa shape index (κ3) is 4.26. The minimum Gasteiger partial charge on any atom is -0.304 e. The van der Waals surface area contributed by atoms with Crippen molar-refractivity contribution in [1.29, 1.82) is 0 Å². The first-order valence-corrected chi connectivity index (χ1v) is 12.7. The fraction of sp³-hybridized carbons (Fsp3) is 0.250. The highest BCUT2D eigenvalue weighted by Crippen LogP contribution is 2.35. The van der Waals surface area contributed by atoms with Gasteiger partial charge in [0.15, 0.2) is 4.21 Å². The van der Waals surface area contributed by atoms with Crippen LogP contribution in [0.15, 0.2) is 57.5 Å². The maximum Gasteiger partial charge on any atom is 0.304 e. The molecule has 166 valence electrons. The van der Waals surface area contributed by atoms with E-state index >= 15 is 0 Å². The first-order valence-electron chi connectivity index (χ1n) is 10.4. The molecular weight excluding hydrogens is 444 g/mol. The minimum absolute atomic E-state index is 0.0558. The fourth-order valence-corrected chi connectivity index (χ4v) is 5.92. The SMILES string of the molecule is CCc1cc2c(ccc(=O)n2Cc2ccc(-c3cc(C)sc3S(=O)(=O)O)cc2)c(CC)n1. The number of hydrogen-bond donors (Lipinski definition) is 1. The molecule has 0 aliphatic carbocycles. The summed E-state index contributed by atoms with van der Waals surface area (Å²) in [5, 5.41) is 0.979. The van der Waals surface area contributed by atoms with Gasteiger partial charge in [0.25, 0.3) is 5.56 Å². The smallest absolute Gasteiger partial charge is 0.304 e. The largest absolute Gasteiger partial charge is 0.304 e. The van der Waals surface area contributed by atoms with Gasteiger partial charge in [0.05, 0.1) is 12.1 Å². The molecule has 4 aromatic rings. The van der Waals surface area contributed by atoms with Crippen molar-refractivity contribution in [3.8, 4) is 11.1 Å². The van der Waals surface area contributed by atoms with Gasteiger partial charge in [-0.25, -0.2) is 0 Å². The molecule has 0 amide bonds. The van der Waals surface area contributed by atoms with E-state index < -0.39 is 10.1 Å². The van der Waals surface area contributed by atoms with E-state index in [1.54, 1.807) is 23.6 Å². The Morgan fingerprint density at radius 3 is 2.38 bits per heavy atom. The molecule has 0 saturated heterocycles. The van der Waals surface area contributed by atoms with Crippen LogP contribution in [0, 0.1) is 6.92 Å². The van der Waals surface area contributed by atoms with Gasteiger partial charge in [0.2, 0.25) is 0 Å². The van der Waals surface area contributed by atoms with Gasteiger partial charge in [0, 0.05) is 33.3 Å². The number of nitrogens with zero attached hydrogens (tertiary/aromatic N) is 2. The van der Waals surface area contributed by atoms with Gasteiger partial charge in [-0.3, -0.25) is 14.3 Å². The summed E-state index contributed by atoms with van der Waals surface area (Å²) in [4.78, 5) is 18.2. The maximum atomic E-state index is 12.7. The molecular formula is C24H24N2O4S2. The topological polar surface area (TPSA) is 89.3 Å². The highest BCUT2D eigenvalue weighted by molar-refractivity contribution is 7.88. The molecule has 0 fully saturated rings. The second-order valence-electron chi connectivity index (χ2n) is 7.69. The molecule has 3 aromatic heterocycles. The van der Waals surface area contributed by atoms with Crippen LogP contribution in [0.5, 0.6) is 0 Å². The summed E-state index contributed by atoms with van der Waals surface area (Å²) in [5.74, 6) is 0. The van der Waals surface area contributed by atoms with Crippen LogP contribution in [0.2, 0.25) is 0 Å². The summed E-state index contributed by atoms with van der Waals surface area (Å²) in [5.41, 5.74) is 4.81. The standard InChI is InChI=1S/C24H24N2O4S2/c1-4-18-13-22-19(21(5-2)25-18)10-11-23(27)26(22)14-16-6-8-17(9-7-16)20-12-15(3)31-24(20)32(28,29)30/h6-13H,4-5,14H2,1-3H3,(H,28,29,30). The Hall–Kier alpha value is -2.81. The van der Waals surface area contributed by atoms with Gasteiger partial charge >= 0.3 is 10.1 Å². The zero-order chi connectivity index (χ0) is 23.0. The average molecular weight is 469 g/mol. The number of benzene rings is 1. The quantitative estimate of drug-likeness (QED) is 0.409. The molecule has 1 aromatic carbocycles. The Bertz CT molecular complexity index is 1470. The van der Waals surface area contributed by atoms with Gasteiger partial charge < -0.3 is 4.57 Å². The van der Waals surface area contributed by atoms with Crippen molar-refractivity contribution >= 4 is 32.4 Å². The molecule has 1 N–H and O–H groups in total. The van der Waals surface area contributed by atoms with Crippen molar-refractivity contribution in [1.82, 2.24) is 9.55 Å². The van der Waals surface area contributed by atoms with Gasteiger partial charge in [-0.15, -0.1) is 11.3 Å². The molecule has 0 saturated carbocycles. The lowest BCUT2D eigenvalue weighted by Crippen LogP contribution is -2.20. The molecule has 0 aliphatic rings. The zero-order valence-corrected chi connectivity index (χ0v) is 19.8. The molecule has 0 spiro atoms. The number of rotatable bonds is 6. The Morgan fingerprint density at radius 2 is 1.75 bits per heavy atom. The Labute approximate surface area is 190 Å². The van der Waals surface area contributed by atoms with Crippen LogP contribution >= 0.6 is 11.3 Å². The summed E-state index contributed by atoms with van der Waals surface area (Å²) in [7, 11) is -4.30. The normalized spacial score (nSPS) is 11.9. The maximum absolute atomic E-state index is 12.7. The van der Waals surface area contributed by atoms with Crippen molar-refractivity contribution in [3.05, 3.63) is 80.7 Å². The van der Waals surface area contributed by atoms with Crippen LogP contribution in [0.1, 0.15) is 35.7 Å². The van der Waals surface area contributed by atoms with Crippen molar-refractivity contribution in [2.24, 2.45) is 0 Å². The van der Waals surface area contributed by atoms with Crippen molar-refractivity contribution < 1.29 is 13.0 Å². The highest BCUT2D eigenvalue weighted by atomic mass is 32.3. The second-order valence-corrected chi connectivity index (χ2v) is 10.6. The zero-order valence-electron chi connectivity index (χ0n) is 18.1. The number of hydrogen-bond acceptors (Lipinski definition) is 5. The Kier molecular flexibility index (Phi) is 6.03. The predicted octanol–water partition coefficient (Wildman–Crippen LogP) is 4.85. The summed E-state index contributed by atoms with van der Waals surface area (Å²) < 4.78 is 34.7. The lowest BCUT2D eigenvalue weighted by atomic mass is 10.1. The average Bonchev–Trinajstić information content (AvgIpc) is 3.17. The molecule has 4 rings (SSSR count). The number of thiophene rings is 1. The monoisotopic (exact) mass is 468 g/mol. The van der Waals surface area contributed by atoms with Crippen LogP contribution < -0.4 is 5.56 Å². The number of fused-ring (bicyclic) bond motifs is 1. The lowest BCUT2D eigenvalue weighted by Gasteiger charge is -2.14. The van der Waals surface area contributed by atoms with E-state index in [1.807, 2.05) is 43.3 Å². The van der Waals surface area contributed by atoms with Gasteiger partial charge in [-0.05, 0) is 49.1 Å². The number of pyridine rings is 2. The van der Waals surface area contributed by atoms with Crippen LogP contribution in [0.25, 0.3) is 22.0 Å². The van der Waals surface area contributed by atoms with Crippen LogP contribution in [0.3, 0.4) is 0 Å². The van der Waals surface area contributed by atoms with Crippen LogP contribution in [0.4, 0.5) is 0 Å². The van der Waals surface area contributed by atoms with E-state index in [-0.39, 0.29) is 9.77 Å². The van der Waals surface area contributed by atoms with Crippen LogP contribution in [-0.4, -0.2) is 22.5 Å². The first kappa shape index (κ1) is 22.4. The number of aromatic nitrogens is 2. The van der Waals surface area contributed by atoms with Crippen LogP contribution in [-0.2, 0) is 29.5 Å². The molecule has 0 bridgehead atoms. The second kappa shape index (κ2) is 8.61. The fourth-order valence-electron chi connectivity index (χ4n) is 3.89. The summed E-state index contributed by atoms with van der Waals surface area (Å²) in [6.45, 7) is 6.29. The molecule has 8 heteroatoms. The molecule has 6 nitrogen and oxygen atoms in total. The molecule has 0 atom stereocenters. The van der Waals surface area contributed by atoms with Crippen molar-refractivity contribution in [2.45, 2.75) is 44.4 Å². The molecule has 0 aliphatic heterocycles. The van der Waals surface area contributed by atoms with E-state index in [0.29, 0.717) is 17.7 Å². The minimum atomic E-state index is -4.30. The molecule has 0 radical (unpaired) electrons.